The molecule has 0 radical (unpaired) electrons. The van der Waals surface area contributed by atoms with E-state index in [-0.39, 0.29) is 0 Å². The normalized spacial score (nSPS) is 10.7. The summed E-state index contributed by atoms with van der Waals surface area (Å²) in [5.74, 6) is 1.00. The highest BCUT2D eigenvalue weighted by Crippen LogP contribution is 2.20. The second-order valence-corrected chi connectivity index (χ2v) is 4.95. The van der Waals surface area contributed by atoms with Gasteiger partial charge in [-0.1, -0.05) is 38.3 Å². The highest BCUT2D eigenvalue weighted by molar-refractivity contribution is 6.31. The molecule has 0 unspecified atom stereocenters. The van der Waals surface area contributed by atoms with Crippen LogP contribution >= 0.6 is 11.6 Å². The van der Waals surface area contributed by atoms with Gasteiger partial charge in [0.25, 0.3) is 0 Å². The minimum atomic E-state index is 0.738. The summed E-state index contributed by atoms with van der Waals surface area (Å²) in [6.45, 7) is 7.10. The Hall–Kier alpha value is -0.800. The number of unbranched alkanes of at least 4 members (excludes halogenated alkanes) is 2. The number of pyridine rings is 1. The Kier molecular flexibility index (Phi) is 7.06. The van der Waals surface area contributed by atoms with Crippen LogP contribution in [0, 0.1) is 0 Å². The largest absolute Gasteiger partial charge is 0.360 e. The molecule has 0 aromatic carbocycles. The molecule has 0 saturated carbocycles. The van der Waals surface area contributed by atoms with Crippen LogP contribution in [0.4, 0.5) is 5.82 Å². The lowest BCUT2D eigenvalue weighted by Gasteiger charge is -2.19. The number of halogens is 1. The number of rotatable bonds is 8. The molecule has 0 aliphatic rings. The van der Waals surface area contributed by atoms with Crippen LogP contribution in [0.5, 0.6) is 0 Å². The lowest BCUT2D eigenvalue weighted by molar-refractivity contribution is 0.698. The van der Waals surface area contributed by atoms with E-state index in [0.717, 1.165) is 36.0 Å². The van der Waals surface area contributed by atoms with Gasteiger partial charge in [-0.05, 0) is 24.6 Å². The van der Waals surface area contributed by atoms with E-state index in [0.29, 0.717) is 0 Å². The molecule has 4 heteroatoms. The van der Waals surface area contributed by atoms with Gasteiger partial charge in [-0.15, -0.1) is 0 Å². The third-order valence-corrected chi connectivity index (χ3v) is 3.31. The van der Waals surface area contributed by atoms with Gasteiger partial charge in [-0.25, -0.2) is 4.98 Å². The van der Waals surface area contributed by atoms with Crippen LogP contribution in [0.15, 0.2) is 12.3 Å². The van der Waals surface area contributed by atoms with Crippen molar-refractivity contribution in [2.45, 2.75) is 39.7 Å². The summed E-state index contributed by atoms with van der Waals surface area (Å²) in [4.78, 5) is 6.59. The van der Waals surface area contributed by atoms with Crippen LogP contribution in [0.1, 0.15) is 38.7 Å². The molecule has 1 aromatic rings. The Morgan fingerprint density at radius 2 is 2.11 bits per heavy atom. The first-order valence-electron chi connectivity index (χ1n) is 6.75. The molecule has 1 aromatic heterocycles. The minimum absolute atomic E-state index is 0.738. The van der Waals surface area contributed by atoms with Gasteiger partial charge in [0.05, 0.1) is 5.02 Å². The lowest BCUT2D eigenvalue weighted by atomic mass is 10.2. The standard InChI is InChI=1S/C14H24ClN3/c1-4-6-7-8-18(3)14-9-12(10-16-5-2)13(15)11-17-14/h9,11,16H,4-8,10H2,1-3H3. The van der Waals surface area contributed by atoms with Gasteiger partial charge < -0.3 is 10.2 Å². The van der Waals surface area contributed by atoms with Gasteiger partial charge in [0, 0.05) is 26.3 Å². The van der Waals surface area contributed by atoms with Gasteiger partial charge in [0.2, 0.25) is 0 Å². The fourth-order valence-corrected chi connectivity index (χ4v) is 1.96. The van der Waals surface area contributed by atoms with Crippen LogP contribution in [0.25, 0.3) is 0 Å². The molecule has 0 aliphatic carbocycles. The van der Waals surface area contributed by atoms with Crippen molar-refractivity contribution in [1.29, 1.82) is 0 Å². The van der Waals surface area contributed by atoms with E-state index in [9.17, 15) is 0 Å². The average molecular weight is 270 g/mol. The van der Waals surface area contributed by atoms with E-state index in [1.165, 1.54) is 19.3 Å². The maximum absolute atomic E-state index is 6.14. The van der Waals surface area contributed by atoms with E-state index in [4.69, 9.17) is 11.6 Å². The first-order chi connectivity index (χ1) is 8.69. The average Bonchev–Trinajstić information content (AvgIpc) is 2.38. The summed E-state index contributed by atoms with van der Waals surface area (Å²) in [5.41, 5.74) is 1.12. The summed E-state index contributed by atoms with van der Waals surface area (Å²) in [5, 5.41) is 4.03. The van der Waals surface area contributed by atoms with Crippen LogP contribution < -0.4 is 10.2 Å². The molecular formula is C14H24ClN3. The maximum Gasteiger partial charge on any atom is 0.128 e. The van der Waals surface area contributed by atoms with Crippen LogP contribution in [-0.2, 0) is 6.54 Å². The Bertz CT molecular complexity index is 355. The van der Waals surface area contributed by atoms with Crippen molar-refractivity contribution in [3.63, 3.8) is 0 Å². The second kappa shape index (κ2) is 8.33. The SMILES string of the molecule is CCCCCN(C)c1cc(CNCC)c(Cl)cn1. The van der Waals surface area contributed by atoms with Crippen LogP contribution in [0.3, 0.4) is 0 Å². The first kappa shape index (κ1) is 15.3. The second-order valence-electron chi connectivity index (χ2n) is 4.54. The fraction of sp³-hybridized carbons (Fsp3) is 0.643. The highest BCUT2D eigenvalue weighted by Gasteiger charge is 2.06. The van der Waals surface area contributed by atoms with E-state index in [2.05, 4.69) is 42.2 Å². The van der Waals surface area contributed by atoms with Gasteiger partial charge in [0.15, 0.2) is 0 Å². The number of hydrogen-bond donors (Lipinski definition) is 1. The van der Waals surface area contributed by atoms with E-state index in [1.54, 1.807) is 6.20 Å². The lowest BCUT2D eigenvalue weighted by Crippen LogP contribution is -2.20. The molecule has 1 N–H and O–H groups in total. The van der Waals surface area contributed by atoms with Crippen molar-refractivity contribution < 1.29 is 0 Å². The monoisotopic (exact) mass is 269 g/mol. The van der Waals surface area contributed by atoms with Crippen molar-refractivity contribution in [3.05, 3.63) is 22.8 Å². The number of nitrogens with zero attached hydrogens (tertiary/aromatic N) is 2. The molecule has 18 heavy (non-hydrogen) atoms. The molecule has 1 heterocycles. The Balaban J connectivity index is 2.64. The molecule has 1 rings (SSSR count). The highest BCUT2D eigenvalue weighted by atomic mass is 35.5. The molecule has 0 spiro atoms. The molecule has 0 saturated heterocycles. The van der Waals surface area contributed by atoms with Gasteiger partial charge in [-0.3, -0.25) is 0 Å². The summed E-state index contributed by atoms with van der Waals surface area (Å²) in [7, 11) is 2.09. The molecule has 3 nitrogen and oxygen atoms in total. The summed E-state index contributed by atoms with van der Waals surface area (Å²) in [6.07, 6.45) is 5.47. The van der Waals surface area contributed by atoms with Gasteiger partial charge >= 0.3 is 0 Å². The molecular weight excluding hydrogens is 246 g/mol. The Morgan fingerprint density at radius 3 is 2.78 bits per heavy atom. The number of aromatic nitrogens is 1. The van der Waals surface area contributed by atoms with E-state index < -0.39 is 0 Å². The smallest absolute Gasteiger partial charge is 0.128 e. The predicted molar refractivity (Wildman–Crippen MR) is 79.4 cm³/mol. The summed E-state index contributed by atoms with van der Waals surface area (Å²) in [6, 6.07) is 2.08. The van der Waals surface area contributed by atoms with Crippen molar-refractivity contribution >= 4 is 17.4 Å². The van der Waals surface area contributed by atoms with Crippen LogP contribution in [-0.4, -0.2) is 25.1 Å². The van der Waals surface area contributed by atoms with Gasteiger partial charge in [-0.2, -0.15) is 0 Å². The third kappa shape index (κ3) is 4.83. The molecule has 0 amide bonds. The first-order valence-corrected chi connectivity index (χ1v) is 7.13. The molecule has 0 fully saturated rings. The van der Waals surface area contributed by atoms with Crippen molar-refractivity contribution in [3.8, 4) is 0 Å². The third-order valence-electron chi connectivity index (χ3n) is 2.97. The predicted octanol–water partition coefficient (Wildman–Crippen LogP) is 3.47. The van der Waals surface area contributed by atoms with Crippen molar-refractivity contribution in [2.75, 3.05) is 25.0 Å². The van der Waals surface area contributed by atoms with Gasteiger partial charge in [0.1, 0.15) is 5.82 Å². The zero-order chi connectivity index (χ0) is 13.4. The van der Waals surface area contributed by atoms with Crippen LogP contribution in [0.2, 0.25) is 5.02 Å². The van der Waals surface area contributed by atoms with E-state index in [1.807, 2.05) is 0 Å². The number of nitrogens with one attached hydrogen (secondary N) is 1. The zero-order valence-electron chi connectivity index (χ0n) is 11.7. The van der Waals surface area contributed by atoms with E-state index >= 15 is 0 Å². The molecule has 0 bridgehead atoms. The molecule has 102 valence electrons. The summed E-state index contributed by atoms with van der Waals surface area (Å²) >= 11 is 6.14. The summed E-state index contributed by atoms with van der Waals surface area (Å²) < 4.78 is 0. The number of anilines is 1. The minimum Gasteiger partial charge on any atom is -0.360 e. The van der Waals surface area contributed by atoms with Crippen molar-refractivity contribution in [2.24, 2.45) is 0 Å². The fourth-order valence-electron chi connectivity index (χ4n) is 1.79. The Labute approximate surface area is 116 Å². The van der Waals surface area contributed by atoms with Crippen molar-refractivity contribution in [1.82, 2.24) is 10.3 Å². The topological polar surface area (TPSA) is 28.2 Å². The maximum atomic E-state index is 6.14. The molecule has 0 aliphatic heterocycles. The Morgan fingerprint density at radius 1 is 1.33 bits per heavy atom. The number of hydrogen-bond acceptors (Lipinski definition) is 3. The quantitative estimate of drug-likeness (QED) is 0.733. The molecule has 0 atom stereocenters. The zero-order valence-corrected chi connectivity index (χ0v) is 12.4.